The molecule has 0 saturated carbocycles. The molecular formula is C20H14Cl2N2O4. The van der Waals surface area contributed by atoms with Crippen molar-refractivity contribution in [2.45, 2.75) is 0 Å². The second-order valence-electron chi connectivity index (χ2n) is 5.69. The van der Waals surface area contributed by atoms with E-state index in [-0.39, 0.29) is 22.9 Å². The van der Waals surface area contributed by atoms with Crippen molar-refractivity contribution in [2.75, 3.05) is 11.5 Å². The van der Waals surface area contributed by atoms with Crippen LogP contribution in [0.1, 0.15) is 5.56 Å². The lowest BCUT2D eigenvalue weighted by molar-refractivity contribution is -0.122. The summed E-state index contributed by atoms with van der Waals surface area (Å²) < 4.78 is 5.54. The number of nitrogens with one attached hydrogen (secondary N) is 1. The highest BCUT2D eigenvalue weighted by Gasteiger charge is 2.37. The van der Waals surface area contributed by atoms with Crippen LogP contribution in [0, 0.1) is 0 Å². The van der Waals surface area contributed by atoms with E-state index in [4.69, 9.17) is 27.9 Å². The number of ether oxygens (including phenoxy) is 1. The molecule has 4 amide bonds. The largest absolute Gasteiger partial charge is 0.489 e. The van der Waals surface area contributed by atoms with E-state index >= 15 is 0 Å². The van der Waals surface area contributed by atoms with E-state index in [0.29, 0.717) is 16.3 Å². The number of benzene rings is 2. The van der Waals surface area contributed by atoms with Crippen LogP contribution in [0.2, 0.25) is 10.0 Å². The Bertz CT molecular complexity index is 1020. The predicted molar refractivity (Wildman–Crippen MR) is 108 cm³/mol. The van der Waals surface area contributed by atoms with Crippen molar-refractivity contribution < 1.29 is 19.1 Å². The molecular weight excluding hydrogens is 403 g/mol. The molecule has 1 saturated heterocycles. The van der Waals surface area contributed by atoms with Crippen LogP contribution < -0.4 is 15.0 Å². The first-order valence-corrected chi connectivity index (χ1v) is 8.87. The van der Waals surface area contributed by atoms with Crippen molar-refractivity contribution >= 4 is 52.8 Å². The van der Waals surface area contributed by atoms with E-state index in [1.807, 2.05) is 0 Å². The van der Waals surface area contributed by atoms with Gasteiger partial charge in [-0.1, -0.05) is 48.0 Å². The van der Waals surface area contributed by atoms with Gasteiger partial charge in [-0.15, -0.1) is 0 Å². The number of carbonyl (C=O) groups is 3. The van der Waals surface area contributed by atoms with Crippen molar-refractivity contribution in [3.8, 4) is 5.75 Å². The minimum Gasteiger partial charge on any atom is -0.489 e. The molecule has 0 spiro atoms. The lowest BCUT2D eigenvalue weighted by Crippen LogP contribution is -2.54. The van der Waals surface area contributed by atoms with Gasteiger partial charge in [0.1, 0.15) is 17.9 Å². The maximum absolute atomic E-state index is 12.9. The predicted octanol–water partition coefficient (Wildman–Crippen LogP) is 4.22. The Balaban J connectivity index is 2.06. The zero-order chi connectivity index (χ0) is 20.3. The number of barbiturate groups is 1. The van der Waals surface area contributed by atoms with Crippen LogP contribution in [0.15, 0.2) is 60.7 Å². The number of halogens is 2. The molecule has 142 valence electrons. The molecule has 2 aromatic carbocycles. The van der Waals surface area contributed by atoms with Crippen LogP contribution >= 0.6 is 23.2 Å². The van der Waals surface area contributed by atoms with Crippen LogP contribution in [0.3, 0.4) is 0 Å². The third-order valence-corrected chi connectivity index (χ3v) is 4.38. The first-order chi connectivity index (χ1) is 13.4. The molecule has 1 N–H and O–H groups in total. The van der Waals surface area contributed by atoms with Gasteiger partial charge in [-0.2, -0.15) is 0 Å². The molecule has 1 heterocycles. The van der Waals surface area contributed by atoms with E-state index in [1.165, 1.54) is 18.2 Å². The molecule has 1 fully saturated rings. The van der Waals surface area contributed by atoms with Crippen LogP contribution in [0.4, 0.5) is 10.5 Å². The molecule has 1 aliphatic rings. The van der Waals surface area contributed by atoms with Gasteiger partial charge in [-0.25, -0.2) is 9.69 Å². The molecule has 0 bridgehead atoms. The summed E-state index contributed by atoms with van der Waals surface area (Å²) in [7, 11) is 0. The zero-order valence-electron chi connectivity index (χ0n) is 14.4. The van der Waals surface area contributed by atoms with E-state index < -0.39 is 17.8 Å². The smallest absolute Gasteiger partial charge is 0.335 e. The standard InChI is InChI=1S/C20H14Cl2N2O4/c1-2-9-28-17-8-7-13(21)10-12(17)11-14-18(25)23-20(27)24(19(14)26)16-6-4-3-5-15(16)22/h2-8,10-11H,1,9H2,(H,23,25,27)/b14-11+. The summed E-state index contributed by atoms with van der Waals surface area (Å²) in [5, 5.41) is 2.72. The number of urea groups is 1. The van der Waals surface area contributed by atoms with E-state index in [9.17, 15) is 14.4 Å². The van der Waals surface area contributed by atoms with Crippen LogP contribution in [0.5, 0.6) is 5.75 Å². The normalized spacial score (nSPS) is 15.6. The maximum atomic E-state index is 12.9. The van der Waals surface area contributed by atoms with Crippen molar-refractivity contribution in [3.05, 3.63) is 76.3 Å². The summed E-state index contributed by atoms with van der Waals surface area (Å²) in [6, 6.07) is 10.2. The third-order valence-electron chi connectivity index (χ3n) is 3.82. The molecule has 3 rings (SSSR count). The molecule has 0 radical (unpaired) electrons. The number of hydrogen-bond acceptors (Lipinski definition) is 4. The lowest BCUT2D eigenvalue weighted by Gasteiger charge is -2.27. The van der Waals surface area contributed by atoms with Crippen molar-refractivity contribution in [3.63, 3.8) is 0 Å². The fourth-order valence-corrected chi connectivity index (χ4v) is 2.98. The van der Waals surface area contributed by atoms with E-state index in [0.717, 1.165) is 4.90 Å². The van der Waals surface area contributed by atoms with Gasteiger partial charge in [0.15, 0.2) is 0 Å². The molecule has 0 aliphatic carbocycles. The summed E-state index contributed by atoms with van der Waals surface area (Å²) in [6.07, 6.45) is 2.88. The molecule has 0 unspecified atom stereocenters. The van der Waals surface area contributed by atoms with Crippen molar-refractivity contribution in [1.29, 1.82) is 0 Å². The monoisotopic (exact) mass is 416 g/mol. The third kappa shape index (κ3) is 3.93. The average Bonchev–Trinajstić information content (AvgIpc) is 2.66. The summed E-state index contributed by atoms with van der Waals surface area (Å²) in [4.78, 5) is 38.3. The number of para-hydroxylation sites is 1. The Morgan fingerprint density at radius 1 is 1.11 bits per heavy atom. The highest BCUT2D eigenvalue weighted by atomic mass is 35.5. The van der Waals surface area contributed by atoms with Gasteiger partial charge in [0.25, 0.3) is 11.8 Å². The van der Waals surface area contributed by atoms with Gasteiger partial charge >= 0.3 is 6.03 Å². The van der Waals surface area contributed by atoms with Crippen molar-refractivity contribution in [1.82, 2.24) is 5.32 Å². The maximum Gasteiger partial charge on any atom is 0.335 e. The number of nitrogens with zero attached hydrogens (tertiary/aromatic N) is 1. The fraction of sp³-hybridized carbons (Fsp3) is 0.0500. The van der Waals surface area contributed by atoms with Gasteiger partial charge in [-0.05, 0) is 36.4 Å². The number of anilines is 1. The molecule has 28 heavy (non-hydrogen) atoms. The highest BCUT2D eigenvalue weighted by molar-refractivity contribution is 6.42. The Labute approximate surface area is 171 Å². The molecule has 2 aromatic rings. The van der Waals surface area contributed by atoms with Gasteiger partial charge in [0.05, 0.1) is 10.7 Å². The summed E-state index contributed by atoms with van der Waals surface area (Å²) in [6.45, 7) is 3.81. The first kappa shape index (κ1) is 19.7. The lowest BCUT2D eigenvalue weighted by atomic mass is 10.1. The Morgan fingerprint density at radius 3 is 2.57 bits per heavy atom. The highest BCUT2D eigenvalue weighted by Crippen LogP contribution is 2.30. The molecule has 6 nitrogen and oxygen atoms in total. The second kappa shape index (κ2) is 8.29. The van der Waals surface area contributed by atoms with Crippen LogP contribution in [-0.2, 0) is 9.59 Å². The number of imide groups is 2. The van der Waals surface area contributed by atoms with Crippen LogP contribution in [-0.4, -0.2) is 24.5 Å². The Kier molecular flexibility index (Phi) is 5.82. The summed E-state index contributed by atoms with van der Waals surface area (Å²) in [5.41, 5.74) is 0.311. The number of hydrogen-bond donors (Lipinski definition) is 1. The van der Waals surface area contributed by atoms with E-state index in [2.05, 4.69) is 11.9 Å². The molecule has 1 aliphatic heterocycles. The molecule has 8 heteroatoms. The Morgan fingerprint density at radius 2 is 1.86 bits per heavy atom. The number of amides is 4. The zero-order valence-corrected chi connectivity index (χ0v) is 16.0. The van der Waals surface area contributed by atoms with Gasteiger partial charge < -0.3 is 4.74 Å². The van der Waals surface area contributed by atoms with Gasteiger partial charge in [0.2, 0.25) is 0 Å². The van der Waals surface area contributed by atoms with Crippen LogP contribution in [0.25, 0.3) is 6.08 Å². The second-order valence-corrected chi connectivity index (χ2v) is 6.53. The SMILES string of the molecule is C=CCOc1ccc(Cl)cc1/C=C1\C(=O)NC(=O)N(c2ccccc2Cl)C1=O. The van der Waals surface area contributed by atoms with Crippen molar-refractivity contribution in [2.24, 2.45) is 0 Å². The van der Waals surface area contributed by atoms with Gasteiger partial charge in [0, 0.05) is 10.6 Å². The first-order valence-electron chi connectivity index (χ1n) is 8.11. The quantitative estimate of drug-likeness (QED) is 0.449. The topological polar surface area (TPSA) is 75.7 Å². The summed E-state index contributed by atoms with van der Waals surface area (Å²) in [5.74, 6) is -1.23. The average molecular weight is 417 g/mol. The number of rotatable bonds is 5. The van der Waals surface area contributed by atoms with Gasteiger partial charge in [-0.3, -0.25) is 14.9 Å². The molecule has 0 aromatic heterocycles. The summed E-state index contributed by atoms with van der Waals surface area (Å²) >= 11 is 12.1. The Hall–Kier alpha value is -3.09. The minimum atomic E-state index is -0.880. The minimum absolute atomic E-state index is 0.166. The molecule has 0 atom stereocenters. The van der Waals surface area contributed by atoms with E-state index in [1.54, 1.807) is 36.4 Å². The number of carbonyl (C=O) groups excluding carboxylic acids is 3. The fourth-order valence-electron chi connectivity index (χ4n) is 2.58.